The fourth-order valence-electron chi connectivity index (χ4n) is 1.69. The molecule has 1 aromatic heterocycles. The van der Waals surface area contributed by atoms with Gasteiger partial charge in [-0.2, -0.15) is 4.80 Å². The fourth-order valence-corrected chi connectivity index (χ4v) is 1.69. The highest BCUT2D eigenvalue weighted by Crippen LogP contribution is 2.14. The van der Waals surface area contributed by atoms with Crippen LogP contribution in [-0.2, 0) is 13.5 Å². The van der Waals surface area contributed by atoms with Crippen molar-refractivity contribution in [3.8, 4) is 0 Å². The molecule has 1 aromatic carbocycles. The van der Waals surface area contributed by atoms with Gasteiger partial charge in [0.1, 0.15) is 0 Å². The molecule has 0 N–H and O–H groups in total. The quantitative estimate of drug-likeness (QED) is 0.744. The van der Waals surface area contributed by atoms with Crippen LogP contribution in [0.2, 0.25) is 0 Å². The predicted octanol–water partition coefficient (Wildman–Crippen LogP) is 1.25. The number of Topliss-reactive ketones (excluding diaryl/α,β-unsaturated/α-hetero) is 1. The second kappa shape index (κ2) is 4.45. The van der Waals surface area contributed by atoms with Crippen LogP contribution in [0.25, 0.3) is 0 Å². The fraction of sp³-hybridized carbons (Fsp3) is 0.333. The maximum atomic E-state index is 12.1. The molecule has 0 spiro atoms. The topological polar surface area (TPSA) is 60.7 Å². The Morgan fingerprint density at radius 3 is 2.76 bits per heavy atom. The summed E-state index contributed by atoms with van der Waals surface area (Å²) in [6, 6.07) is 5.72. The number of hydrogen-bond donors (Lipinski definition) is 0. The van der Waals surface area contributed by atoms with Crippen molar-refractivity contribution in [1.82, 2.24) is 20.2 Å². The van der Waals surface area contributed by atoms with Crippen LogP contribution in [0.3, 0.4) is 0 Å². The molecule has 0 unspecified atom stereocenters. The van der Waals surface area contributed by atoms with Crippen molar-refractivity contribution in [3.63, 3.8) is 0 Å². The Hall–Kier alpha value is -2.04. The van der Waals surface area contributed by atoms with Gasteiger partial charge in [0.05, 0.1) is 13.5 Å². The van der Waals surface area contributed by atoms with Crippen LogP contribution in [0, 0.1) is 13.8 Å². The normalized spacial score (nSPS) is 10.5. The predicted molar refractivity (Wildman–Crippen MR) is 62.7 cm³/mol. The van der Waals surface area contributed by atoms with Crippen LogP contribution in [0.15, 0.2) is 18.2 Å². The second-order valence-corrected chi connectivity index (χ2v) is 4.04. The number of carbonyl (C=O) groups is 1. The first-order chi connectivity index (χ1) is 8.08. The van der Waals surface area contributed by atoms with E-state index in [0.29, 0.717) is 5.82 Å². The maximum Gasteiger partial charge on any atom is 0.182 e. The van der Waals surface area contributed by atoms with Crippen molar-refractivity contribution in [1.29, 1.82) is 0 Å². The Bertz CT molecular complexity index is 559. The van der Waals surface area contributed by atoms with Crippen molar-refractivity contribution in [3.05, 3.63) is 40.7 Å². The van der Waals surface area contributed by atoms with Gasteiger partial charge >= 0.3 is 0 Å². The Morgan fingerprint density at radius 1 is 1.35 bits per heavy atom. The van der Waals surface area contributed by atoms with Gasteiger partial charge in [0.15, 0.2) is 11.6 Å². The number of aryl methyl sites for hydroxylation is 2. The molecule has 1 heterocycles. The summed E-state index contributed by atoms with van der Waals surface area (Å²) >= 11 is 0. The van der Waals surface area contributed by atoms with E-state index < -0.39 is 0 Å². The molecular formula is C12H14N4O. The lowest BCUT2D eigenvalue weighted by molar-refractivity contribution is 0.0990. The lowest BCUT2D eigenvalue weighted by Gasteiger charge is -2.05. The second-order valence-electron chi connectivity index (χ2n) is 4.04. The van der Waals surface area contributed by atoms with E-state index in [1.54, 1.807) is 7.05 Å². The van der Waals surface area contributed by atoms with E-state index in [1.807, 2.05) is 32.0 Å². The highest BCUT2D eigenvalue weighted by molar-refractivity contribution is 5.98. The first-order valence-electron chi connectivity index (χ1n) is 5.40. The zero-order valence-corrected chi connectivity index (χ0v) is 10.1. The molecule has 0 amide bonds. The van der Waals surface area contributed by atoms with Crippen LogP contribution in [0.4, 0.5) is 0 Å². The number of carbonyl (C=O) groups excluding carboxylic acids is 1. The van der Waals surface area contributed by atoms with E-state index in [2.05, 4.69) is 15.4 Å². The molecule has 0 aliphatic rings. The minimum absolute atomic E-state index is 0.0270. The molecular weight excluding hydrogens is 216 g/mol. The lowest BCUT2D eigenvalue weighted by atomic mass is 9.99. The zero-order chi connectivity index (χ0) is 12.4. The monoisotopic (exact) mass is 230 g/mol. The summed E-state index contributed by atoms with van der Waals surface area (Å²) in [6.07, 6.45) is 0.193. The standard InChI is InChI=1S/C12H14N4O/c1-8-5-4-6-10(9(8)2)11(17)7-12-13-15-16(3)14-12/h4-6H,7H2,1-3H3. The van der Waals surface area contributed by atoms with Crippen molar-refractivity contribution >= 4 is 5.78 Å². The summed E-state index contributed by atoms with van der Waals surface area (Å²) < 4.78 is 0. The molecule has 17 heavy (non-hydrogen) atoms. The molecule has 0 atom stereocenters. The molecule has 0 fully saturated rings. The van der Waals surface area contributed by atoms with Gasteiger partial charge in [-0.25, -0.2) is 0 Å². The summed E-state index contributed by atoms with van der Waals surface area (Å²) in [4.78, 5) is 13.4. The third-order valence-corrected chi connectivity index (χ3v) is 2.77. The molecule has 2 rings (SSSR count). The molecule has 0 aliphatic heterocycles. The largest absolute Gasteiger partial charge is 0.294 e. The number of hydrogen-bond acceptors (Lipinski definition) is 4. The van der Waals surface area contributed by atoms with Crippen LogP contribution in [0.5, 0.6) is 0 Å². The van der Waals surface area contributed by atoms with E-state index >= 15 is 0 Å². The van der Waals surface area contributed by atoms with Gasteiger partial charge < -0.3 is 0 Å². The third kappa shape index (κ3) is 2.38. The van der Waals surface area contributed by atoms with Gasteiger partial charge in [-0.1, -0.05) is 18.2 Å². The number of rotatable bonds is 3. The van der Waals surface area contributed by atoms with Crippen molar-refractivity contribution < 1.29 is 4.79 Å². The SMILES string of the molecule is Cc1cccc(C(=O)Cc2nnn(C)n2)c1C. The van der Waals surface area contributed by atoms with Gasteiger partial charge in [0.2, 0.25) is 0 Å². The Balaban J connectivity index is 2.23. The lowest BCUT2D eigenvalue weighted by Crippen LogP contribution is -2.08. The summed E-state index contributed by atoms with van der Waals surface area (Å²) in [6.45, 7) is 3.94. The first-order valence-corrected chi connectivity index (χ1v) is 5.40. The molecule has 5 heteroatoms. The highest BCUT2D eigenvalue weighted by Gasteiger charge is 2.13. The number of benzene rings is 1. The van der Waals surface area contributed by atoms with Crippen LogP contribution in [-0.4, -0.2) is 26.0 Å². The van der Waals surface area contributed by atoms with Crippen LogP contribution >= 0.6 is 0 Å². The van der Waals surface area contributed by atoms with Gasteiger partial charge in [-0.05, 0) is 30.2 Å². The summed E-state index contributed by atoms with van der Waals surface area (Å²) in [7, 11) is 1.68. The molecule has 0 saturated carbocycles. The Kier molecular flexibility index (Phi) is 2.99. The minimum Gasteiger partial charge on any atom is -0.294 e. The van der Waals surface area contributed by atoms with E-state index in [9.17, 15) is 4.79 Å². The average molecular weight is 230 g/mol. The average Bonchev–Trinajstić information content (AvgIpc) is 2.68. The van der Waals surface area contributed by atoms with E-state index in [1.165, 1.54) is 4.80 Å². The number of tetrazole rings is 1. The number of aromatic nitrogens is 4. The first kappa shape index (κ1) is 11.4. The zero-order valence-electron chi connectivity index (χ0n) is 10.1. The van der Waals surface area contributed by atoms with Gasteiger partial charge in [-0.3, -0.25) is 4.79 Å². The molecule has 0 aliphatic carbocycles. The molecule has 5 nitrogen and oxygen atoms in total. The summed E-state index contributed by atoms with van der Waals surface area (Å²) in [5, 5.41) is 11.5. The smallest absolute Gasteiger partial charge is 0.182 e. The minimum atomic E-state index is 0.0270. The summed E-state index contributed by atoms with van der Waals surface area (Å²) in [5.74, 6) is 0.484. The third-order valence-electron chi connectivity index (χ3n) is 2.77. The molecule has 2 aromatic rings. The molecule has 88 valence electrons. The maximum absolute atomic E-state index is 12.1. The molecule has 0 radical (unpaired) electrons. The van der Waals surface area contributed by atoms with Crippen molar-refractivity contribution in [2.45, 2.75) is 20.3 Å². The van der Waals surface area contributed by atoms with Gasteiger partial charge in [0, 0.05) is 5.56 Å². The van der Waals surface area contributed by atoms with Crippen molar-refractivity contribution in [2.24, 2.45) is 7.05 Å². The van der Waals surface area contributed by atoms with Gasteiger partial charge in [-0.15, -0.1) is 10.2 Å². The van der Waals surface area contributed by atoms with Crippen LogP contribution < -0.4 is 0 Å². The molecule has 0 bridgehead atoms. The van der Waals surface area contributed by atoms with E-state index in [4.69, 9.17) is 0 Å². The highest BCUT2D eigenvalue weighted by atomic mass is 16.1. The van der Waals surface area contributed by atoms with Crippen LogP contribution in [0.1, 0.15) is 27.3 Å². The number of ketones is 1. The van der Waals surface area contributed by atoms with E-state index in [0.717, 1.165) is 16.7 Å². The van der Waals surface area contributed by atoms with E-state index in [-0.39, 0.29) is 12.2 Å². The summed E-state index contributed by atoms with van der Waals surface area (Å²) in [5.41, 5.74) is 2.86. The van der Waals surface area contributed by atoms with Gasteiger partial charge in [0.25, 0.3) is 0 Å². The Morgan fingerprint density at radius 2 is 2.12 bits per heavy atom. The number of nitrogens with zero attached hydrogens (tertiary/aromatic N) is 4. The van der Waals surface area contributed by atoms with Crippen molar-refractivity contribution in [2.75, 3.05) is 0 Å². The Labute approximate surface area is 99.5 Å². The molecule has 0 saturated heterocycles.